The Morgan fingerprint density at radius 2 is 2.00 bits per heavy atom. The van der Waals surface area contributed by atoms with E-state index >= 15 is 0 Å². The summed E-state index contributed by atoms with van der Waals surface area (Å²) < 4.78 is 24.6. The maximum Gasteiger partial charge on any atom is 0.356 e. The fourth-order valence-corrected chi connectivity index (χ4v) is 0.912. The number of thiol groups is 1. The molecule has 0 heterocycles. The smallest absolute Gasteiger partial charge is 0.356 e. The summed E-state index contributed by atoms with van der Waals surface area (Å²) in [5, 5.41) is 3.19. The summed E-state index contributed by atoms with van der Waals surface area (Å²) in [4.78, 5) is 15.0. The van der Waals surface area contributed by atoms with Gasteiger partial charge in [0.05, 0.1) is 7.11 Å². The zero-order chi connectivity index (χ0) is 9.56. The minimum absolute atomic E-state index is 0.267. The molecule has 0 atom stereocenters. The van der Waals surface area contributed by atoms with Crippen molar-refractivity contribution >= 4 is 22.4 Å². The van der Waals surface area contributed by atoms with Gasteiger partial charge in [0.15, 0.2) is 5.71 Å². The van der Waals surface area contributed by atoms with Crippen molar-refractivity contribution in [1.29, 1.82) is 0 Å². The summed E-state index contributed by atoms with van der Waals surface area (Å²) in [6.45, 7) is 0. The number of oxime groups is 1. The van der Waals surface area contributed by atoms with Crippen molar-refractivity contribution in [2.24, 2.45) is 5.16 Å². The third-order valence-electron chi connectivity index (χ3n) is 0.901. The van der Waals surface area contributed by atoms with E-state index in [9.17, 15) is 13.2 Å². The number of hydrogen-bond acceptors (Lipinski definition) is 6. The zero-order valence-corrected chi connectivity index (χ0v) is 7.54. The molecule has 12 heavy (non-hydrogen) atoms. The molecule has 6 nitrogen and oxygen atoms in total. The van der Waals surface area contributed by atoms with Crippen molar-refractivity contribution in [3.63, 3.8) is 0 Å². The van der Waals surface area contributed by atoms with Gasteiger partial charge in [-0.3, -0.25) is 0 Å². The highest BCUT2D eigenvalue weighted by Crippen LogP contribution is 1.85. The molecule has 0 aliphatic heterocycles. The Morgan fingerprint density at radius 3 is 2.33 bits per heavy atom. The lowest BCUT2D eigenvalue weighted by Gasteiger charge is -1.97. The van der Waals surface area contributed by atoms with Crippen LogP contribution in [0.2, 0.25) is 0 Å². The summed E-state index contributed by atoms with van der Waals surface area (Å²) in [5.74, 6) is -1.29. The second-order valence-corrected chi connectivity index (χ2v) is 2.68. The third kappa shape index (κ3) is 3.91. The Hall–Kier alpha value is -1.11. The lowest BCUT2D eigenvalue weighted by molar-refractivity contribution is -0.132. The molecule has 0 aromatic heterocycles. The molecule has 0 saturated heterocycles. The maximum absolute atomic E-state index is 10.7. The Bertz CT molecular complexity index is 249. The van der Waals surface area contributed by atoms with Gasteiger partial charge in [0.25, 0.3) is 0 Å². The van der Waals surface area contributed by atoms with Crippen LogP contribution in [0.4, 0.5) is 0 Å². The molecule has 7 heteroatoms. The molecule has 0 rings (SSSR count). The van der Waals surface area contributed by atoms with E-state index < -0.39 is 22.4 Å². The molecule has 0 amide bonds. The summed E-state index contributed by atoms with van der Waals surface area (Å²) in [6, 6.07) is 0. The number of hydrogen-bond donors (Lipinski definition) is 1. The first-order chi connectivity index (χ1) is 5.61. The molecule has 0 bridgehead atoms. The van der Waals surface area contributed by atoms with Crippen LogP contribution in [0.15, 0.2) is 5.16 Å². The molecule has 0 fully saturated rings. The van der Waals surface area contributed by atoms with E-state index in [0.29, 0.717) is 0 Å². The van der Waals surface area contributed by atoms with Gasteiger partial charge in [-0.2, -0.15) is 0 Å². The predicted octanol–water partition coefficient (Wildman–Crippen LogP) is -1.23. The number of nitrogens with zero attached hydrogens (tertiary/aromatic N) is 1. The molecule has 0 saturated carbocycles. The van der Waals surface area contributed by atoms with E-state index in [1.165, 1.54) is 7.11 Å². The molecular formula is C5H9NO5S. The molecule has 0 spiro atoms. The molecule has 70 valence electrons. The Kier molecular flexibility index (Phi) is 5.02. The zero-order valence-electron chi connectivity index (χ0n) is 6.64. The van der Waals surface area contributed by atoms with Gasteiger partial charge in [0, 0.05) is 0 Å². The standard InChI is InChI=1S/C5H9NO5S/c1-10-5(7)4(6-11-2)3-12(8)9/h12H,3H2,1-2H3. The number of methoxy groups -OCH3 is 1. The van der Waals surface area contributed by atoms with Gasteiger partial charge in [0.2, 0.25) is 0 Å². The predicted molar refractivity (Wildman–Crippen MR) is 41.6 cm³/mol. The minimum Gasteiger partial charge on any atom is -0.464 e. The van der Waals surface area contributed by atoms with Crippen molar-refractivity contribution < 1.29 is 22.8 Å². The van der Waals surface area contributed by atoms with Crippen molar-refractivity contribution in [1.82, 2.24) is 0 Å². The monoisotopic (exact) mass is 195 g/mol. The van der Waals surface area contributed by atoms with Gasteiger partial charge in [-0.05, 0) is 0 Å². The van der Waals surface area contributed by atoms with Crippen LogP contribution in [0, 0.1) is 0 Å². The molecule has 0 radical (unpaired) electrons. The van der Waals surface area contributed by atoms with Crippen LogP contribution in [-0.2, 0) is 25.1 Å². The second-order valence-electron chi connectivity index (χ2n) is 1.70. The second kappa shape index (κ2) is 5.53. The fourth-order valence-electron chi connectivity index (χ4n) is 0.481. The fraction of sp³-hybridized carbons (Fsp3) is 0.600. The highest BCUT2D eigenvalue weighted by Gasteiger charge is 2.13. The van der Waals surface area contributed by atoms with Crippen LogP contribution in [0.25, 0.3) is 0 Å². The molecule has 0 aromatic rings. The number of esters is 1. The van der Waals surface area contributed by atoms with Gasteiger partial charge < -0.3 is 9.57 Å². The Balaban J connectivity index is 4.44. The lowest BCUT2D eigenvalue weighted by Crippen LogP contribution is -2.20. The van der Waals surface area contributed by atoms with Gasteiger partial charge in [0.1, 0.15) is 23.6 Å². The van der Waals surface area contributed by atoms with Gasteiger partial charge in [-0.25, -0.2) is 13.2 Å². The number of carbonyl (C=O) groups is 1. The number of carbonyl (C=O) groups excluding carboxylic acids is 1. The average molecular weight is 195 g/mol. The topological polar surface area (TPSA) is 82.0 Å². The Morgan fingerprint density at radius 1 is 1.42 bits per heavy atom. The van der Waals surface area contributed by atoms with Crippen LogP contribution in [-0.4, -0.2) is 40.1 Å². The van der Waals surface area contributed by atoms with Crippen LogP contribution in [0.5, 0.6) is 0 Å². The van der Waals surface area contributed by atoms with E-state index in [1.807, 2.05) is 0 Å². The molecular weight excluding hydrogens is 186 g/mol. The van der Waals surface area contributed by atoms with Gasteiger partial charge in [-0.15, -0.1) is 0 Å². The van der Waals surface area contributed by atoms with Crippen molar-refractivity contribution in [2.75, 3.05) is 20.0 Å². The van der Waals surface area contributed by atoms with Gasteiger partial charge >= 0.3 is 5.97 Å². The SMILES string of the molecule is CON=C(C[SH](=O)=O)C(=O)OC. The molecule has 0 N–H and O–H groups in total. The van der Waals surface area contributed by atoms with Crippen molar-refractivity contribution in [3.8, 4) is 0 Å². The molecule has 0 unspecified atom stereocenters. The molecule has 0 aliphatic rings. The normalized spacial score (nSPS) is 11.4. The summed E-state index contributed by atoms with van der Waals surface area (Å²) >= 11 is 0. The lowest BCUT2D eigenvalue weighted by atomic mass is 10.4. The minimum atomic E-state index is -2.70. The van der Waals surface area contributed by atoms with Crippen LogP contribution < -0.4 is 0 Å². The maximum atomic E-state index is 10.7. The summed E-state index contributed by atoms with van der Waals surface area (Å²) in [7, 11) is -0.362. The van der Waals surface area contributed by atoms with E-state index in [1.54, 1.807) is 0 Å². The highest BCUT2D eigenvalue weighted by molar-refractivity contribution is 7.73. The Labute approximate surface area is 71.1 Å². The van der Waals surface area contributed by atoms with E-state index in [4.69, 9.17) is 0 Å². The quantitative estimate of drug-likeness (QED) is 0.263. The van der Waals surface area contributed by atoms with Crippen LogP contribution in [0.3, 0.4) is 0 Å². The largest absolute Gasteiger partial charge is 0.464 e. The van der Waals surface area contributed by atoms with E-state index in [2.05, 4.69) is 14.7 Å². The molecule has 0 aliphatic carbocycles. The van der Waals surface area contributed by atoms with Crippen molar-refractivity contribution in [2.45, 2.75) is 0 Å². The first kappa shape index (κ1) is 10.9. The van der Waals surface area contributed by atoms with Crippen LogP contribution in [0.1, 0.15) is 0 Å². The first-order valence-corrected chi connectivity index (χ1v) is 4.28. The van der Waals surface area contributed by atoms with E-state index in [-0.39, 0.29) is 5.71 Å². The third-order valence-corrected chi connectivity index (χ3v) is 1.46. The number of rotatable bonds is 4. The molecule has 0 aromatic carbocycles. The summed E-state index contributed by atoms with van der Waals surface area (Å²) in [6.07, 6.45) is 0. The highest BCUT2D eigenvalue weighted by atomic mass is 32.2. The van der Waals surface area contributed by atoms with Crippen LogP contribution >= 0.6 is 0 Å². The number of ether oxygens (including phenoxy) is 1. The van der Waals surface area contributed by atoms with Crippen molar-refractivity contribution in [3.05, 3.63) is 0 Å². The average Bonchev–Trinajstić information content (AvgIpc) is 2.01. The summed E-state index contributed by atoms with van der Waals surface area (Å²) in [5.41, 5.74) is -0.267. The first-order valence-electron chi connectivity index (χ1n) is 2.92. The van der Waals surface area contributed by atoms with E-state index in [0.717, 1.165) is 7.11 Å². The van der Waals surface area contributed by atoms with Gasteiger partial charge in [-0.1, -0.05) is 5.16 Å².